The van der Waals surface area contributed by atoms with E-state index in [2.05, 4.69) is 9.47 Å². The van der Waals surface area contributed by atoms with Gasteiger partial charge in [0.2, 0.25) is 0 Å². The molecule has 0 atom stereocenters. The van der Waals surface area contributed by atoms with Crippen LogP contribution in [0, 0.1) is 50.3 Å². The van der Waals surface area contributed by atoms with E-state index in [0.29, 0.717) is 0 Å². The maximum atomic E-state index is 12.9. The molecule has 0 spiro atoms. The Bertz CT molecular complexity index is 720. The van der Waals surface area contributed by atoms with Crippen molar-refractivity contribution in [1.82, 2.24) is 0 Å². The Labute approximate surface area is 183 Å². The van der Waals surface area contributed by atoms with Crippen LogP contribution in [0.15, 0.2) is 24.3 Å². The van der Waals surface area contributed by atoms with Crippen LogP contribution in [-0.4, -0.2) is 39.0 Å². The van der Waals surface area contributed by atoms with E-state index < -0.39 is 34.8 Å². The smallest absolute Gasteiger partial charge is 0.378 e. The molecule has 0 saturated heterocycles. The number of hydrogen-bond donors (Lipinski definition) is 0. The van der Waals surface area contributed by atoms with Gasteiger partial charge >= 0.3 is 21.7 Å². The third-order valence-electron chi connectivity index (χ3n) is 2.88. The molecule has 2 aromatic rings. The van der Waals surface area contributed by atoms with Gasteiger partial charge < -0.3 is 33.9 Å². The van der Waals surface area contributed by atoms with Crippen molar-refractivity contribution in [1.29, 1.82) is 0 Å². The minimum Gasteiger partial charge on any atom is -0.378 e. The molecule has 0 amide bonds. The first-order valence-corrected chi connectivity index (χ1v) is 7.09. The molecule has 2 aromatic carbocycles. The summed E-state index contributed by atoms with van der Waals surface area (Å²) in [5.74, 6) is -4.69. The fourth-order valence-corrected chi connectivity index (χ4v) is 1.74. The van der Waals surface area contributed by atoms with Gasteiger partial charge in [0.1, 0.15) is 11.6 Å². The van der Waals surface area contributed by atoms with E-state index in [4.69, 9.17) is 0 Å². The van der Waals surface area contributed by atoms with E-state index in [1.807, 2.05) is 0 Å². The van der Waals surface area contributed by atoms with E-state index in [9.17, 15) is 27.2 Å². The zero-order chi connectivity index (χ0) is 19.7. The Morgan fingerprint density at radius 2 is 1.07 bits per heavy atom. The summed E-state index contributed by atoms with van der Waals surface area (Å²) in [6.07, 6.45) is 0. The van der Waals surface area contributed by atoms with Gasteiger partial charge in [0, 0.05) is 37.5 Å². The molecule has 0 aliphatic heterocycles. The molecule has 29 heavy (non-hydrogen) atoms. The van der Waals surface area contributed by atoms with Crippen molar-refractivity contribution < 1.29 is 58.3 Å². The summed E-state index contributed by atoms with van der Waals surface area (Å²) in [4.78, 5) is 22.1. The van der Waals surface area contributed by atoms with Gasteiger partial charge in [-0.05, 0) is 0 Å². The zero-order valence-electron chi connectivity index (χ0n) is 16.4. The molecule has 2 rings (SSSR count). The zero-order valence-corrected chi connectivity index (χ0v) is 17.9. The molecule has 0 saturated carbocycles. The Kier molecular flexibility index (Phi) is 17.5. The molecule has 0 heterocycles. The van der Waals surface area contributed by atoms with Crippen LogP contribution in [0.1, 0.15) is 20.7 Å². The Morgan fingerprint density at radius 1 is 0.759 bits per heavy atom. The number of methoxy groups -OCH3 is 2. The molecule has 156 valence electrons. The number of Topliss-reactive ketones (excluding diaryl/α,β-unsaturated/α-hetero) is 2. The van der Waals surface area contributed by atoms with Gasteiger partial charge in [0.15, 0.2) is 0 Å². The first-order chi connectivity index (χ1) is 12.3. The van der Waals surface area contributed by atoms with Gasteiger partial charge in [-0.15, -0.1) is 24.3 Å². The predicted molar refractivity (Wildman–Crippen MR) is 95.6 cm³/mol. The SMILES string of the molecule is COCC(=O)c1ccc(F)[c-]c1F.COCC(=O)c1ccc(F)[c-]c1F.[CH3-].[CH3-].[Ti+4]. The second-order valence-corrected chi connectivity index (χ2v) is 4.78. The molecule has 0 radical (unpaired) electrons. The number of ketones is 2. The van der Waals surface area contributed by atoms with Gasteiger partial charge in [-0.3, -0.25) is 0 Å². The average molecular weight is 448 g/mol. The Hall–Kier alpha value is -1.87. The average Bonchev–Trinajstić information content (AvgIpc) is 2.55. The number of ether oxygens (including phenoxy) is 2. The molecule has 0 aliphatic carbocycles. The summed E-state index contributed by atoms with van der Waals surface area (Å²) >= 11 is 0. The van der Waals surface area contributed by atoms with Crippen LogP contribution in [-0.2, 0) is 31.2 Å². The summed E-state index contributed by atoms with van der Waals surface area (Å²) < 4.78 is 59.5. The molecule has 4 nitrogen and oxygen atoms in total. The molecular formula is C20H20F4O4Ti. The number of benzene rings is 2. The van der Waals surface area contributed by atoms with Crippen molar-refractivity contribution >= 4 is 11.6 Å². The molecule has 0 unspecified atom stereocenters. The fourth-order valence-electron chi connectivity index (χ4n) is 1.74. The largest absolute Gasteiger partial charge is 4.00 e. The third-order valence-corrected chi connectivity index (χ3v) is 2.88. The molecular weight excluding hydrogens is 428 g/mol. The van der Waals surface area contributed by atoms with Crippen LogP contribution in [0.4, 0.5) is 17.6 Å². The summed E-state index contributed by atoms with van der Waals surface area (Å²) in [6, 6.07) is 7.64. The number of hydrogen-bond acceptors (Lipinski definition) is 4. The van der Waals surface area contributed by atoms with Crippen molar-refractivity contribution in [3.8, 4) is 0 Å². The number of carbonyl (C=O) groups excluding carboxylic acids is 2. The first-order valence-electron chi connectivity index (χ1n) is 7.09. The van der Waals surface area contributed by atoms with E-state index in [1.54, 1.807) is 12.1 Å². The van der Waals surface area contributed by atoms with Gasteiger partial charge in [0.05, 0.1) is 13.2 Å². The minimum absolute atomic E-state index is 0. The molecule has 0 N–H and O–H groups in total. The van der Waals surface area contributed by atoms with Crippen molar-refractivity contribution in [2.75, 3.05) is 27.4 Å². The van der Waals surface area contributed by atoms with Crippen LogP contribution in [0.25, 0.3) is 0 Å². The molecule has 0 aliphatic rings. The summed E-state index contributed by atoms with van der Waals surface area (Å²) in [7, 11) is 2.64. The monoisotopic (exact) mass is 448 g/mol. The quantitative estimate of drug-likeness (QED) is 0.289. The van der Waals surface area contributed by atoms with E-state index in [0.717, 1.165) is 24.3 Å². The van der Waals surface area contributed by atoms with Gasteiger partial charge in [-0.1, -0.05) is 11.1 Å². The topological polar surface area (TPSA) is 52.6 Å². The van der Waals surface area contributed by atoms with Gasteiger partial charge in [-0.2, -0.15) is 12.1 Å². The van der Waals surface area contributed by atoms with Crippen molar-refractivity contribution in [3.63, 3.8) is 0 Å². The normalized spacial score (nSPS) is 9.03. The molecule has 0 fully saturated rings. The second-order valence-electron chi connectivity index (χ2n) is 4.78. The van der Waals surface area contributed by atoms with Crippen LogP contribution >= 0.6 is 0 Å². The fraction of sp³-hybridized carbons (Fsp3) is 0.200. The van der Waals surface area contributed by atoms with Crippen LogP contribution in [0.3, 0.4) is 0 Å². The van der Waals surface area contributed by atoms with Crippen LogP contribution in [0.5, 0.6) is 0 Å². The van der Waals surface area contributed by atoms with Crippen molar-refractivity contribution in [2.45, 2.75) is 0 Å². The van der Waals surface area contributed by atoms with Crippen molar-refractivity contribution in [3.05, 3.63) is 85.6 Å². The van der Waals surface area contributed by atoms with Crippen LogP contribution in [0.2, 0.25) is 0 Å². The van der Waals surface area contributed by atoms with Gasteiger partial charge in [-0.25, -0.2) is 17.6 Å². The third kappa shape index (κ3) is 10.5. The Balaban J connectivity index is -0.000000422. The number of carbonyl (C=O) groups is 2. The van der Waals surface area contributed by atoms with Crippen molar-refractivity contribution in [2.24, 2.45) is 0 Å². The maximum absolute atomic E-state index is 12.9. The van der Waals surface area contributed by atoms with Crippen LogP contribution < -0.4 is 0 Å². The molecule has 0 bridgehead atoms. The first kappa shape index (κ1) is 31.8. The second kappa shape index (κ2) is 16.0. The summed E-state index contributed by atoms with van der Waals surface area (Å²) in [6.45, 7) is -0.452. The summed E-state index contributed by atoms with van der Waals surface area (Å²) in [5, 5.41) is 0. The van der Waals surface area contributed by atoms with E-state index in [1.165, 1.54) is 14.2 Å². The minimum atomic E-state index is -0.984. The predicted octanol–water partition coefficient (Wildman–Crippen LogP) is 4.09. The van der Waals surface area contributed by atoms with E-state index in [-0.39, 0.29) is 60.9 Å². The number of rotatable bonds is 6. The maximum Gasteiger partial charge on any atom is 4.00 e. The number of halogens is 4. The van der Waals surface area contributed by atoms with E-state index >= 15 is 0 Å². The standard InChI is InChI=1S/2C9H7F2O2.2CH3.Ti/c2*1-13-5-9(12)7-3-2-6(10)4-8(7)11;;;/h2*2-3H,5H2,1H3;2*1H3;/q4*-1;+4. The summed E-state index contributed by atoms with van der Waals surface area (Å²) in [5.41, 5.74) is -0.411. The molecule has 9 heteroatoms. The Morgan fingerprint density at radius 3 is 1.31 bits per heavy atom. The molecule has 0 aromatic heterocycles. The van der Waals surface area contributed by atoms with Gasteiger partial charge in [0.25, 0.3) is 0 Å².